The van der Waals surface area contributed by atoms with Gasteiger partial charge in [-0.2, -0.15) is 0 Å². The van der Waals surface area contributed by atoms with Gasteiger partial charge in [0.05, 0.1) is 11.6 Å². The summed E-state index contributed by atoms with van der Waals surface area (Å²) < 4.78 is 0. The van der Waals surface area contributed by atoms with Gasteiger partial charge in [0.1, 0.15) is 0 Å². The topological polar surface area (TPSA) is 49.4 Å². The molecule has 1 fully saturated rings. The van der Waals surface area contributed by atoms with Crippen LogP contribution in [0.25, 0.3) is 0 Å². The van der Waals surface area contributed by atoms with Gasteiger partial charge in [0.15, 0.2) is 5.78 Å². The van der Waals surface area contributed by atoms with Gasteiger partial charge in [-0.3, -0.25) is 9.59 Å². The Morgan fingerprint density at radius 3 is 2.50 bits per heavy atom. The van der Waals surface area contributed by atoms with Crippen molar-refractivity contribution in [2.75, 3.05) is 25.5 Å². The molecule has 0 aromatic heterocycles. The number of nitrogens with zero attached hydrogens (tertiary/aromatic N) is 1. The number of piperidine rings is 1. The molecule has 3 rings (SSSR count). The Kier molecular flexibility index (Phi) is 5.06. The van der Waals surface area contributed by atoms with Crippen LogP contribution in [0, 0.1) is 5.92 Å². The SMILES string of the molecule is CN1CCC[C@@H](C(=O)Nc2ccccc2C(=O)c2ccccc2)C1. The van der Waals surface area contributed by atoms with E-state index in [1.807, 2.05) is 37.4 Å². The molecule has 1 saturated heterocycles. The van der Waals surface area contributed by atoms with Crippen molar-refractivity contribution < 1.29 is 9.59 Å². The van der Waals surface area contributed by atoms with Crippen LogP contribution in [0.3, 0.4) is 0 Å². The average molecular weight is 322 g/mol. The second-order valence-electron chi connectivity index (χ2n) is 6.33. The van der Waals surface area contributed by atoms with Gasteiger partial charge in [-0.1, -0.05) is 42.5 Å². The van der Waals surface area contributed by atoms with Gasteiger partial charge >= 0.3 is 0 Å². The Morgan fingerprint density at radius 1 is 1.04 bits per heavy atom. The van der Waals surface area contributed by atoms with Crippen LogP contribution in [0.2, 0.25) is 0 Å². The zero-order valence-electron chi connectivity index (χ0n) is 13.9. The molecule has 1 atom stereocenters. The first kappa shape index (κ1) is 16.4. The zero-order valence-corrected chi connectivity index (χ0v) is 13.9. The number of benzene rings is 2. The van der Waals surface area contributed by atoms with Gasteiger partial charge in [-0.25, -0.2) is 0 Å². The van der Waals surface area contributed by atoms with Crippen LogP contribution in [-0.2, 0) is 4.79 Å². The summed E-state index contributed by atoms with van der Waals surface area (Å²) in [7, 11) is 2.03. The number of rotatable bonds is 4. The highest BCUT2D eigenvalue weighted by Crippen LogP contribution is 2.22. The van der Waals surface area contributed by atoms with E-state index in [1.54, 1.807) is 24.3 Å². The van der Waals surface area contributed by atoms with E-state index in [9.17, 15) is 9.59 Å². The molecule has 1 heterocycles. The van der Waals surface area contributed by atoms with Gasteiger partial charge < -0.3 is 10.2 Å². The fourth-order valence-electron chi connectivity index (χ4n) is 3.15. The van der Waals surface area contributed by atoms with Crippen LogP contribution in [0.1, 0.15) is 28.8 Å². The molecule has 124 valence electrons. The summed E-state index contributed by atoms with van der Waals surface area (Å²) in [6.07, 6.45) is 1.92. The van der Waals surface area contributed by atoms with E-state index in [0.29, 0.717) is 16.8 Å². The third-order valence-electron chi connectivity index (χ3n) is 4.46. The molecule has 4 nitrogen and oxygen atoms in total. The molecule has 0 spiro atoms. The summed E-state index contributed by atoms with van der Waals surface area (Å²) in [6.45, 7) is 1.80. The summed E-state index contributed by atoms with van der Waals surface area (Å²) in [5, 5.41) is 2.97. The Balaban J connectivity index is 1.79. The first-order chi connectivity index (χ1) is 11.6. The van der Waals surface area contributed by atoms with Crippen molar-refractivity contribution in [3.05, 3.63) is 65.7 Å². The number of likely N-dealkylation sites (tertiary alicyclic amines) is 1. The highest BCUT2D eigenvalue weighted by Gasteiger charge is 2.25. The fourth-order valence-corrected chi connectivity index (χ4v) is 3.15. The minimum absolute atomic E-state index is 0.00476. The highest BCUT2D eigenvalue weighted by atomic mass is 16.2. The van der Waals surface area contributed by atoms with Crippen molar-refractivity contribution in [2.24, 2.45) is 5.92 Å². The number of anilines is 1. The maximum absolute atomic E-state index is 12.7. The van der Waals surface area contributed by atoms with Gasteiger partial charge in [-0.05, 0) is 38.6 Å². The molecule has 1 aliphatic heterocycles. The number of hydrogen-bond donors (Lipinski definition) is 1. The van der Waals surface area contributed by atoms with Gasteiger partial charge in [-0.15, -0.1) is 0 Å². The summed E-state index contributed by atoms with van der Waals surface area (Å²) in [6, 6.07) is 16.3. The molecule has 2 aromatic carbocycles. The zero-order chi connectivity index (χ0) is 16.9. The number of carbonyl (C=O) groups excluding carboxylic acids is 2. The summed E-state index contributed by atoms with van der Waals surface area (Å²) in [5.41, 5.74) is 1.74. The lowest BCUT2D eigenvalue weighted by atomic mass is 9.96. The molecule has 1 amide bonds. The van der Waals surface area contributed by atoms with Gasteiger partial charge in [0, 0.05) is 17.7 Å². The fraction of sp³-hybridized carbons (Fsp3) is 0.300. The number of para-hydroxylation sites is 1. The normalized spacial score (nSPS) is 18.1. The number of ketones is 1. The second-order valence-corrected chi connectivity index (χ2v) is 6.33. The van der Waals surface area contributed by atoms with Gasteiger partial charge in [0.25, 0.3) is 0 Å². The molecule has 0 unspecified atom stereocenters. The second kappa shape index (κ2) is 7.41. The van der Waals surface area contributed by atoms with E-state index in [-0.39, 0.29) is 17.6 Å². The molecular weight excluding hydrogens is 300 g/mol. The quantitative estimate of drug-likeness (QED) is 0.880. The number of amides is 1. The van der Waals surface area contributed by atoms with Crippen LogP contribution in [0.15, 0.2) is 54.6 Å². The number of hydrogen-bond acceptors (Lipinski definition) is 3. The molecule has 4 heteroatoms. The predicted molar refractivity (Wildman–Crippen MR) is 95.2 cm³/mol. The van der Waals surface area contributed by atoms with E-state index in [4.69, 9.17) is 0 Å². The van der Waals surface area contributed by atoms with E-state index in [2.05, 4.69) is 10.2 Å². The number of carbonyl (C=O) groups is 2. The molecule has 0 saturated carbocycles. The third-order valence-corrected chi connectivity index (χ3v) is 4.46. The average Bonchev–Trinajstić information content (AvgIpc) is 2.62. The molecular formula is C20H22N2O2. The minimum atomic E-state index is -0.0766. The van der Waals surface area contributed by atoms with E-state index in [0.717, 1.165) is 25.9 Å². The lowest BCUT2D eigenvalue weighted by molar-refractivity contribution is -0.121. The minimum Gasteiger partial charge on any atom is -0.325 e. The van der Waals surface area contributed by atoms with Crippen LogP contribution >= 0.6 is 0 Å². The smallest absolute Gasteiger partial charge is 0.228 e. The van der Waals surface area contributed by atoms with Crippen LogP contribution in [0.5, 0.6) is 0 Å². The molecule has 0 radical (unpaired) electrons. The summed E-state index contributed by atoms with van der Waals surface area (Å²) in [5.74, 6) is -0.106. The van der Waals surface area contributed by atoms with Crippen molar-refractivity contribution >= 4 is 17.4 Å². The monoisotopic (exact) mass is 322 g/mol. The van der Waals surface area contributed by atoms with Crippen molar-refractivity contribution in [1.82, 2.24) is 4.90 Å². The van der Waals surface area contributed by atoms with E-state index in [1.165, 1.54) is 0 Å². The lowest BCUT2D eigenvalue weighted by Crippen LogP contribution is -2.38. The molecule has 2 aromatic rings. The largest absolute Gasteiger partial charge is 0.325 e. The maximum atomic E-state index is 12.7. The summed E-state index contributed by atoms with van der Waals surface area (Å²) >= 11 is 0. The molecule has 0 aliphatic carbocycles. The Bertz CT molecular complexity index is 727. The first-order valence-electron chi connectivity index (χ1n) is 8.33. The Labute approximate surface area is 142 Å². The number of nitrogens with one attached hydrogen (secondary N) is 1. The van der Waals surface area contributed by atoms with Gasteiger partial charge in [0.2, 0.25) is 5.91 Å². The van der Waals surface area contributed by atoms with Crippen molar-refractivity contribution in [3.8, 4) is 0 Å². The predicted octanol–water partition coefficient (Wildman–Crippen LogP) is 3.20. The third kappa shape index (κ3) is 3.71. The van der Waals surface area contributed by atoms with Crippen LogP contribution in [-0.4, -0.2) is 36.7 Å². The standard InChI is InChI=1S/C20H22N2O2/c1-22-13-7-10-16(14-22)20(24)21-18-12-6-5-11-17(18)19(23)15-8-3-2-4-9-15/h2-6,8-9,11-12,16H,7,10,13-14H2,1H3,(H,21,24)/t16-/m1/s1. The van der Waals surface area contributed by atoms with Crippen LogP contribution < -0.4 is 5.32 Å². The van der Waals surface area contributed by atoms with Crippen molar-refractivity contribution in [1.29, 1.82) is 0 Å². The Morgan fingerprint density at radius 2 is 1.75 bits per heavy atom. The molecule has 1 N–H and O–H groups in total. The van der Waals surface area contributed by atoms with Crippen molar-refractivity contribution in [2.45, 2.75) is 12.8 Å². The lowest BCUT2D eigenvalue weighted by Gasteiger charge is -2.28. The first-order valence-corrected chi connectivity index (χ1v) is 8.33. The van der Waals surface area contributed by atoms with E-state index < -0.39 is 0 Å². The van der Waals surface area contributed by atoms with Crippen LogP contribution in [0.4, 0.5) is 5.69 Å². The summed E-state index contributed by atoms with van der Waals surface area (Å²) in [4.78, 5) is 27.5. The molecule has 0 bridgehead atoms. The molecule has 1 aliphatic rings. The molecule has 24 heavy (non-hydrogen) atoms. The highest BCUT2D eigenvalue weighted by molar-refractivity contribution is 6.13. The maximum Gasteiger partial charge on any atom is 0.228 e. The Hall–Kier alpha value is -2.46. The van der Waals surface area contributed by atoms with Crippen molar-refractivity contribution in [3.63, 3.8) is 0 Å². The van der Waals surface area contributed by atoms with E-state index >= 15 is 0 Å².